The fourth-order valence-electron chi connectivity index (χ4n) is 5.19. The number of aromatic amines is 3. The zero-order valence-corrected chi connectivity index (χ0v) is 20.0. The van der Waals surface area contributed by atoms with Crippen LogP contribution in [0.25, 0.3) is 79.2 Å². The lowest BCUT2D eigenvalue weighted by Gasteiger charge is -2.01. The Morgan fingerprint density at radius 1 is 0.421 bits per heavy atom. The summed E-state index contributed by atoms with van der Waals surface area (Å²) in [5.41, 5.74) is 9.77. The van der Waals surface area contributed by atoms with Crippen molar-refractivity contribution < 1.29 is 13.3 Å². The molecule has 38 heavy (non-hydrogen) atoms. The molecule has 1 aliphatic heterocycles. The van der Waals surface area contributed by atoms with Crippen LogP contribution in [0.15, 0.2) is 105 Å². The first-order valence-corrected chi connectivity index (χ1v) is 12.3. The van der Waals surface area contributed by atoms with E-state index in [-0.39, 0.29) is 0 Å². The van der Waals surface area contributed by atoms with Gasteiger partial charge in [-0.15, -0.1) is 0 Å². The second kappa shape index (κ2) is 8.04. The third-order valence-electron chi connectivity index (χ3n) is 6.88. The second-order valence-electron chi connectivity index (χ2n) is 9.13. The van der Waals surface area contributed by atoms with Crippen LogP contribution in [0.4, 0.5) is 0 Å². The van der Waals surface area contributed by atoms with Crippen molar-refractivity contribution in [3.05, 3.63) is 103 Å². The van der Waals surface area contributed by atoms with Gasteiger partial charge in [-0.1, -0.05) is 0 Å². The number of hydrogen-bond acceptors (Lipinski definition) is 4. The van der Waals surface area contributed by atoms with Gasteiger partial charge in [-0.3, -0.25) is 0 Å². The maximum atomic E-state index is 5.88. The number of furan rings is 3. The summed E-state index contributed by atoms with van der Waals surface area (Å²) in [6, 6.07) is 23.9. The van der Waals surface area contributed by atoms with Gasteiger partial charge in [-0.25, -0.2) is 4.98 Å². The topological polar surface area (TPSA) is 99.7 Å². The minimum Gasteiger partial charge on any atom is -0.464 e. The molecule has 8 heterocycles. The lowest BCUT2D eigenvalue weighted by molar-refractivity contribution is 0.582. The third-order valence-corrected chi connectivity index (χ3v) is 6.88. The molecule has 3 N–H and O–H groups in total. The Bertz CT molecular complexity index is 2070. The molecule has 0 aromatic carbocycles. The van der Waals surface area contributed by atoms with E-state index in [4.69, 9.17) is 18.2 Å². The standard InChI is InChI=1S/C31H20N4O3/c1-4-26(36-15-1)29-20-9-7-18(32-20)19-8-10-21(33-19)30(27-5-2-16-37-27)23-12-14-25(35-23)31(28-6-3-17-38-28)24-13-11-22(29)34-24/h1-17,32-34H. The Morgan fingerprint density at radius 3 is 1.21 bits per heavy atom. The summed E-state index contributed by atoms with van der Waals surface area (Å²) in [5, 5.41) is 0. The normalized spacial score (nSPS) is 12.1. The molecular weight excluding hydrogens is 476 g/mol. The fourth-order valence-corrected chi connectivity index (χ4v) is 5.19. The molecule has 7 heteroatoms. The van der Waals surface area contributed by atoms with Gasteiger partial charge < -0.3 is 28.2 Å². The number of nitrogens with zero attached hydrogens (tertiary/aromatic N) is 1. The zero-order valence-electron chi connectivity index (χ0n) is 20.0. The SMILES string of the molecule is C1=Cc2nc1c(-c1ccco1)c1ccc([nH]1)c(-c1ccco1)c1ccc([nH]1)c1ccc([nH]1)c2-c1ccco1. The van der Waals surface area contributed by atoms with E-state index >= 15 is 0 Å². The molecule has 7 aromatic heterocycles. The third kappa shape index (κ3) is 3.19. The van der Waals surface area contributed by atoms with E-state index in [1.165, 1.54) is 0 Å². The summed E-state index contributed by atoms with van der Waals surface area (Å²) in [6.07, 6.45) is 9.06. The van der Waals surface area contributed by atoms with Crippen molar-refractivity contribution in [1.82, 2.24) is 19.9 Å². The molecule has 0 amide bonds. The summed E-state index contributed by atoms with van der Waals surface area (Å²) in [4.78, 5) is 15.8. The van der Waals surface area contributed by atoms with Crippen molar-refractivity contribution >= 4 is 45.3 Å². The highest BCUT2D eigenvalue weighted by Gasteiger charge is 2.18. The van der Waals surface area contributed by atoms with Crippen molar-refractivity contribution in [2.24, 2.45) is 0 Å². The molecule has 0 spiro atoms. The summed E-state index contributed by atoms with van der Waals surface area (Å²) in [5.74, 6) is 2.20. The molecule has 7 nitrogen and oxygen atoms in total. The Morgan fingerprint density at radius 2 is 0.789 bits per heavy atom. The highest BCUT2D eigenvalue weighted by atomic mass is 16.3. The van der Waals surface area contributed by atoms with Gasteiger partial charge in [0.2, 0.25) is 0 Å². The van der Waals surface area contributed by atoms with Crippen LogP contribution in [0, 0.1) is 0 Å². The average molecular weight is 497 g/mol. The van der Waals surface area contributed by atoms with Crippen LogP contribution in [-0.4, -0.2) is 19.9 Å². The van der Waals surface area contributed by atoms with E-state index in [0.29, 0.717) is 0 Å². The molecule has 0 saturated heterocycles. The lowest BCUT2D eigenvalue weighted by Crippen LogP contribution is -1.86. The van der Waals surface area contributed by atoms with Crippen LogP contribution in [0.3, 0.4) is 0 Å². The molecule has 0 unspecified atom stereocenters. The first-order valence-electron chi connectivity index (χ1n) is 12.3. The number of hydrogen-bond donors (Lipinski definition) is 3. The quantitative estimate of drug-likeness (QED) is 0.228. The Labute approximate surface area is 215 Å². The van der Waals surface area contributed by atoms with E-state index in [1.807, 2.05) is 54.6 Å². The van der Waals surface area contributed by atoms with Gasteiger partial charge in [-0.2, -0.15) is 0 Å². The van der Waals surface area contributed by atoms with E-state index < -0.39 is 0 Å². The van der Waals surface area contributed by atoms with Gasteiger partial charge in [0, 0.05) is 0 Å². The molecule has 0 aliphatic carbocycles. The Balaban J connectivity index is 1.59. The molecule has 182 valence electrons. The highest BCUT2D eigenvalue weighted by Crippen LogP contribution is 2.36. The smallest absolute Gasteiger partial charge is 0.138 e. The van der Waals surface area contributed by atoms with E-state index in [1.54, 1.807) is 18.8 Å². The largest absolute Gasteiger partial charge is 0.464 e. The van der Waals surface area contributed by atoms with Gasteiger partial charge in [0.1, 0.15) is 17.3 Å². The van der Waals surface area contributed by atoms with Gasteiger partial charge in [0.05, 0.1) is 80.0 Å². The molecule has 7 aromatic rings. The number of nitrogens with one attached hydrogen (secondary N) is 3. The van der Waals surface area contributed by atoms with E-state index in [0.717, 1.165) is 78.5 Å². The molecule has 0 fully saturated rings. The lowest BCUT2D eigenvalue weighted by atomic mass is 10.1. The van der Waals surface area contributed by atoms with Crippen molar-refractivity contribution in [2.45, 2.75) is 0 Å². The van der Waals surface area contributed by atoms with Crippen LogP contribution >= 0.6 is 0 Å². The molecule has 8 bridgehead atoms. The number of rotatable bonds is 3. The van der Waals surface area contributed by atoms with Crippen LogP contribution in [0.5, 0.6) is 0 Å². The van der Waals surface area contributed by atoms with Crippen LogP contribution in [0.2, 0.25) is 0 Å². The predicted molar refractivity (Wildman–Crippen MR) is 148 cm³/mol. The minimum atomic E-state index is 0.718. The maximum Gasteiger partial charge on any atom is 0.138 e. The molecule has 0 radical (unpaired) electrons. The van der Waals surface area contributed by atoms with Crippen molar-refractivity contribution in [3.63, 3.8) is 0 Å². The maximum absolute atomic E-state index is 5.88. The van der Waals surface area contributed by atoms with Gasteiger partial charge in [0.25, 0.3) is 0 Å². The first kappa shape index (κ1) is 20.7. The monoisotopic (exact) mass is 496 g/mol. The van der Waals surface area contributed by atoms with Crippen molar-refractivity contribution in [1.29, 1.82) is 0 Å². The fraction of sp³-hybridized carbons (Fsp3) is 0. The zero-order chi connectivity index (χ0) is 25.1. The molecular formula is C31H20N4O3. The average Bonchev–Trinajstić information content (AvgIpc) is 3.76. The van der Waals surface area contributed by atoms with Crippen LogP contribution in [0.1, 0.15) is 11.4 Å². The minimum absolute atomic E-state index is 0.718. The van der Waals surface area contributed by atoms with Crippen molar-refractivity contribution in [2.75, 3.05) is 0 Å². The van der Waals surface area contributed by atoms with E-state index in [2.05, 4.69) is 45.3 Å². The second-order valence-corrected chi connectivity index (χ2v) is 9.13. The Hall–Kier alpha value is -5.43. The summed E-state index contributed by atoms with van der Waals surface area (Å²) >= 11 is 0. The summed E-state index contributed by atoms with van der Waals surface area (Å²) < 4.78 is 17.6. The number of fused-ring (bicyclic) bond motifs is 9. The molecule has 1 aliphatic rings. The first-order chi connectivity index (χ1) is 18.8. The van der Waals surface area contributed by atoms with Crippen LogP contribution in [-0.2, 0) is 0 Å². The summed E-state index contributed by atoms with van der Waals surface area (Å²) in [7, 11) is 0. The highest BCUT2D eigenvalue weighted by molar-refractivity contribution is 5.98. The number of aromatic nitrogens is 4. The van der Waals surface area contributed by atoms with E-state index in [9.17, 15) is 0 Å². The Kier molecular flexibility index (Phi) is 4.39. The van der Waals surface area contributed by atoms with Gasteiger partial charge in [-0.05, 0) is 84.9 Å². The van der Waals surface area contributed by atoms with Gasteiger partial charge in [0.15, 0.2) is 0 Å². The van der Waals surface area contributed by atoms with Crippen molar-refractivity contribution in [3.8, 4) is 34.0 Å². The summed E-state index contributed by atoms with van der Waals surface area (Å²) in [6.45, 7) is 0. The predicted octanol–water partition coefficient (Wildman–Crippen LogP) is 8.48. The number of H-pyrrole nitrogens is 3. The molecule has 0 saturated carbocycles. The molecule has 0 atom stereocenters. The van der Waals surface area contributed by atoms with Gasteiger partial charge >= 0.3 is 0 Å². The van der Waals surface area contributed by atoms with Crippen LogP contribution < -0.4 is 0 Å². The molecule has 8 rings (SSSR count).